The molecule has 286 valence electrons. The fourth-order valence-electron chi connectivity index (χ4n) is 10.9. The standard InChI is InChI=1S/C60H36N2/c1-3-13-43(14-4-1)61-55-35-41(25-29-49(55)53-33-19-37-11-7-9-17-47(37)59(53)61)45-27-21-39-24-32-52-46(28-22-40-23-31-51(45)57(39)58(40)52)42-26-30-50-54-34-20-38-12-8-10-18-48(38)60(54)62(56(50)36-42)44-15-5-2-6-16-44/h1-36H. The first-order valence-corrected chi connectivity index (χ1v) is 21.5. The first-order chi connectivity index (χ1) is 30.8. The molecule has 14 rings (SSSR count). The molecule has 0 amide bonds. The third-order valence-corrected chi connectivity index (χ3v) is 13.6. The van der Waals surface area contributed by atoms with Crippen LogP contribution in [-0.2, 0) is 0 Å². The first-order valence-electron chi connectivity index (χ1n) is 21.5. The molecule has 0 unspecified atom stereocenters. The van der Waals surface area contributed by atoms with Crippen LogP contribution in [0.15, 0.2) is 218 Å². The average molecular weight is 785 g/mol. The Morgan fingerprint density at radius 2 is 0.613 bits per heavy atom. The summed E-state index contributed by atoms with van der Waals surface area (Å²) in [5.74, 6) is 0. The van der Waals surface area contributed by atoms with Crippen LogP contribution in [0.4, 0.5) is 0 Å². The van der Waals surface area contributed by atoms with E-state index in [0.717, 1.165) is 0 Å². The van der Waals surface area contributed by atoms with Crippen molar-refractivity contribution in [2.45, 2.75) is 0 Å². The Morgan fingerprint density at radius 3 is 1.08 bits per heavy atom. The molecule has 14 aromatic rings. The lowest BCUT2D eigenvalue weighted by molar-refractivity contribution is 1.19. The van der Waals surface area contributed by atoms with Crippen molar-refractivity contribution in [1.29, 1.82) is 0 Å². The molecule has 0 atom stereocenters. The molecule has 2 aromatic heterocycles. The number of benzene rings is 12. The molecule has 0 N–H and O–H groups in total. The molecule has 12 aromatic carbocycles. The van der Waals surface area contributed by atoms with Gasteiger partial charge in [0.2, 0.25) is 0 Å². The van der Waals surface area contributed by atoms with E-state index in [4.69, 9.17) is 0 Å². The molecule has 0 aliphatic heterocycles. The fourth-order valence-corrected chi connectivity index (χ4v) is 10.9. The number of hydrogen-bond acceptors (Lipinski definition) is 0. The van der Waals surface area contributed by atoms with E-state index in [1.165, 1.54) is 131 Å². The first kappa shape index (κ1) is 33.6. The quantitative estimate of drug-likeness (QED) is 0.157. The van der Waals surface area contributed by atoms with Crippen molar-refractivity contribution in [1.82, 2.24) is 9.13 Å². The molecule has 2 heteroatoms. The van der Waals surface area contributed by atoms with Crippen LogP contribution in [0.25, 0.3) is 131 Å². The van der Waals surface area contributed by atoms with Gasteiger partial charge in [-0.1, -0.05) is 182 Å². The summed E-state index contributed by atoms with van der Waals surface area (Å²) >= 11 is 0. The Labute approximate surface area is 357 Å². The molecule has 2 heterocycles. The third kappa shape index (κ3) is 4.64. The van der Waals surface area contributed by atoms with E-state index >= 15 is 0 Å². The van der Waals surface area contributed by atoms with Crippen LogP contribution >= 0.6 is 0 Å². The number of fused-ring (bicyclic) bond motifs is 10. The van der Waals surface area contributed by atoms with Crippen molar-refractivity contribution in [2.24, 2.45) is 0 Å². The Hall–Kier alpha value is -8.20. The van der Waals surface area contributed by atoms with E-state index in [0.29, 0.717) is 0 Å². The van der Waals surface area contributed by atoms with Crippen LogP contribution in [0.3, 0.4) is 0 Å². The molecule has 0 spiro atoms. The highest BCUT2D eigenvalue weighted by atomic mass is 15.0. The second kappa shape index (κ2) is 12.7. The molecule has 62 heavy (non-hydrogen) atoms. The molecule has 2 nitrogen and oxygen atoms in total. The SMILES string of the molecule is c1ccc(-n2c3cc(-c4ccc5ccc6c(-c7ccc8c9ccc%10ccccc%10c9n(-c9ccccc9)c8c7)ccc7ccc4c5c76)ccc3c3ccc4ccccc4c32)cc1. The van der Waals surface area contributed by atoms with Crippen LogP contribution in [0, 0.1) is 0 Å². The Morgan fingerprint density at radius 1 is 0.242 bits per heavy atom. The fraction of sp³-hybridized carbons (Fsp3) is 0. The lowest BCUT2D eigenvalue weighted by Crippen LogP contribution is -1.95. The minimum atomic E-state index is 1.17. The largest absolute Gasteiger partial charge is 0.309 e. The van der Waals surface area contributed by atoms with E-state index < -0.39 is 0 Å². The third-order valence-electron chi connectivity index (χ3n) is 13.6. The van der Waals surface area contributed by atoms with Crippen LogP contribution in [0.2, 0.25) is 0 Å². The van der Waals surface area contributed by atoms with Gasteiger partial charge in [-0.25, -0.2) is 0 Å². The molecule has 0 fully saturated rings. The Kier molecular flexibility index (Phi) is 6.86. The van der Waals surface area contributed by atoms with Crippen molar-refractivity contribution >= 4 is 97.5 Å². The van der Waals surface area contributed by atoms with Gasteiger partial charge in [-0.2, -0.15) is 0 Å². The van der Waals surface area contributed by atoms with E-state index in [2.05, 4.69) is 228 Å². The smallest absolute Gasteiger partial charge is 0.0619 e. The molecular formula is C60H36N2. The van der Waals surface area contributed by atoms with Gasteiger partial charge in [-0.05, 0) is 102 Å². The molecule has 0 aliphatic carbocycles. The van der Waals surface area contributed by atoms with E-state index in [-0.39, 0.29) is 0 Å². The van der Waals surface area contributed by atoms with Crippen LogP contribution in [0.5, 0.6) is 0 Å². The lowest BCUT2D eigenvalue weighted by atomic mass is 9.87. The predicted molar refractivity (Wildman–Crippen MR) is 265 cm³/mol. The highest BCUT2D eigenvalue weighted by Crippen LogP contribution is 2.45. The summed E-state index contributed by atoms with van der Waals surface area (Å²) < 4.78 is 4.93. The number of hydrogen-bond donors (Lipinski definition) is 0. The van der Waals surface area contributed by atoms with Gasteiger partial charge < -0.3 is 9.13 Å². The Balaban J connectivity index is 0.995. The number of nitrogens with zero attached hydrogens (tertiary/aromatic N) is 2. The average Bonchev–Trinajstić information content (AvgIpc) is 3.86. The summed E-state index contributed by atoms with van der Waals surface area (Å²) in [5.41, 5.74) is 12.2. The lowest BCUT2D eigenvalue weighted by Gasteiger charge is -2.17. The molecule has 0 bridgehead atoms. The topological polar surface area (TPSA) is 9.86 Å². The van der Waals surface area contributed by atoms with Crippen LogP contribution in [-0.4, -0.2) is 9.13 Å². The number of aromatic nitrogens is 2. The monoisotopic (exact) mass is 784 g/mol. The summed E-state index contributed by atoms with van der Waals surface area (Å²) in [6, 6.07) is 81.1. The van der Waals surface area contributed by atoms with E-state index in [1.54, 1.807) is 0 Å². The van der Waals surface area contributed by atoms with Crippen LogP contribution < -0.4 is 0 Å². The van der Waals surface area contributed by atoms with Gasteiger partial charge in [-0.3, -0.25) is 0 Å². The number of para-hydroxylation sites is 2. The van der Waals surface area contributed by atoms with Crippen molar-refractivity contribution < 1.29 is 0 Å². The van der Waals surface area contributed by atoms with Crippen molar-refractivity contribution in [2.75, 3.05) is 0 Å². The zero-order valence-electron chi connectivity index (χ0n) is 33.7. The highest BCUT2D eigenvalue weighted by molar-refractivity contribution is 6.28. The minimum absolute atomic E-state index is 1.17. The van der Waals surface area contributed by atoms with Gasteiger partial charge in [0.25, 0.3) is 0 Å². The van der Waals surface area contributed by atoms with E-state index in [1.807, 2.05) is 0 Å². The maximum atomic E-state index is 2.47. The summed E-state index contributed by atoms with van der Waals surface area (Å²) in [4.78, 5) is 0. The van der Waals surface area contributed by atoms with Crippen molar-refractivity contribution in [3.05, 3.63) is 218 Å². The van der Waals surface area contributed by atoms with Crippen LogP contribution in [0.1, 0.15) is 0 Å². The molecule has 0 saturated heterocycles. The molecule has 0 saturated carbocycles. The van der Waals surface area contributed by atoms with E-state index in [9.17, 15) is 0 Å². The van der Waals surface area contributed by atoms with Gasteiger partial charge in [0.1, 0.15) is 0 Å². The number of rotatable bonds is 4. The van der Waals surface area contributed by atoms with Crippen molar-refractivity contribution in [3.8, 4) is 33.6 Å². The van der Waals surface area contributed by atoms with Gasteiger partial charge >= 0.3 is 0 Å². The Bertz CT molecular complexity index is 3860. The molecular weight excluding hydrogens is 749 g/mol. The zero-order chi connectivity index (χ0) is 40.5. The minimum Gasteiger partial charge on any atom is -0.309 e. The highest BCUT2D eigenvalue weighted by Gasteiger charge is 2.20. The zero-order valence-corrected chi connectivity index (χ0v) is 33.7. The van der Waals surface area contributed by atoms with Gasteiger partial charge in [-0.15, -0.1) is 0 Å². The summed E-state index contributed by atoms with van der Waals surface area (Å²) in [7, 11) is 0. The molecule has 0 radical (unpaired) electrons. The maximum Gasteiger partial charge on any atom is 0.0619 e. The van der Waals surface area contributed by atoms with Gasteiger partial charge in [0.05, 0.1) is 22.1 Å². The van der Waals surface area contributed by atoms with Crippen molar-refractivity contribution in [3.63, 3.8) is 0 Å². The van der Waals surface area contributed by atoms with Gasteiger partial charge in [0, 0.05) is 43.7 Å². The second-order valence-electron chi connectivity index (χ2n) is 16.8. The second-order valence-corrected chi connectivity index (χ2v) is 16.8. The summed E-state index contributed by atoms with van der Waals surface area (Å²) in [6.07, 6.45) is 0. The summed E-state index contributed by atoms with van der Waals surface area (Å²) in [5, 5.41) is 17.8. The predicted octanol–water partition coefficient (Wildman–Crippen LogP) is 16.4. The normalized spacial score (nSPS) is 12.2. The molecule has 0 aliphatic rings. The summed E-state index contributed by atoms with van der Waals surface area (Å²) in [6.45, 7) is 0. The maximum absolute atomic E-state index is 2.47. The van der Waals surface area contributed by atoms with Gasteiger partial charge in [0.15, 0.2) is 0 Å².